The Bertz CT molecular complexity index is 735. The summed E-state index contributed by atoms with van der Waals surface area (Å²) in [5, 5.41) is 0. The molecule has 7 nitrogen and oxygen atoms in total. The van der Waals surface area contributed by atoms with Crippen LogP contribution in [0.25, 0.3) is 0 Å². The highest BCUT2D eigenvalue weighted by atomic mass is 32.2. The molecule has 2 heterocycles. The molecule has 1 aliphatic rings. The molecule has 0 amide bonds. The Hall–Kier alpha value is -1.41. The zero-order valence-corrected chi connectivity index (χ0v) is 20.1. The van der Waals surface area contributed by atoms with Gasteiger partial charge in [-0.25, -0.2) is 8.42 Å². The molecule has 1 fully saturated rings. The molecule has 0 unspecified atom stereocenters. The highest BCUT2D eigenvalue weighted by Crippen LogP contribution is 2.26. The van der Waals surface area contributed by atoms with Gasteiger partial charge in [0.15, 0.2) is 9.84 Å². The summed E-state index contributed by atoms with van der Waals surface area (Å²) in [4.78, 5) is 14.1. The molecule has 1 aromatic heterocycles. The van der Waals surface area contributed by atoms with Gasteiger partial charge in [0, 0.05) is 38.3 Å². The van der Waals surface area contributed by atoms with Crippen LogP contribution in [0.15, 0.2) is 0 Å². The van der Waals surface area contributed by atoms with Crippen molar-refractivity contribution in [3.63, 3.8) is 0 Å². The SMILES string of the molecule is CCCc1c(CC)nc(OCCCN2CCS(=O)(=O)CC2)nc1N(CCC)CCC. The number of nitrogens with zero attached hydrogens (tertiary/aromatic N) is 4. The van der Waals surface area contributed by atoms with Crippen LogP contribution >= 0.6 is 0 Å². The van der Waals surface area contributed by atoms with Crippen LogP contribution < -0.4 is 9.64 Å². The van der Waals surface area contributed by atoms with Crippen molar-refractivity contribution < 1.29 is 13.2 Å². The second-order valence-corrected chi connectivity index (χ2v) is 10.3. The van der Waals surface area contributed by atoms with Gasteiger partial charge in [-0.3, -0.25) is 0 Å². The van der Waals surface area contributed by atoms with E-state index < -0.39 is 9.84 Å². The first-order valence-corrected chi connectivity index (χ1v) is 13.5. The van der Waals surface area contributed by atoms with Crippen LogP contribution in [0.4, 0.5) is 5.82 Å². The second kappa shape index (κ2) is 12.4. The van der Waals surface area contributed by atoms with Crippen molar-refractivity contribution >= 4 is 15.7 Å². The first kappa shape index (κ1) is 24.9. The monoisotopic (exact) mass is 440 g/mol. The number of anilines is 1. The Morgan fingerprint density at radius 2 is 1.67 bits per heavy atom. The lowest BCUT2D eigenvalue weighted by atomic mass is 10.1. The van der Waals surface area contributed by atoms with Gasteiger partial charge in [0.1, 0.15) is 5.82 Å². The minimum Gasteiger partial charge on any atom is -0.463 e. The third-order valence-corrected chi connectivity index (χ3v) is 7.07. The normalized spacial score (nSPS) is 16.5. The maximum Gasteiger partial charge on any atom is 0.318 e. The van der Waals surface area contributed by atoms with Crippen LogP contribution in [0.2, 0.25) is 0 Å². The van der Waals surface area contributed by atoms with Crippen LogP contribution in [-0.2, 0) is 22.7 Å². The topological polar surface area (TPSA) is 75.6 Å². The highest BCUT2D eigenvalue weighted by Gasteiger charge is 2.21. The summed E-state index contributed by atoms with van der Waals surface area (Å²) in [6.07, 6.45) is 5.93. The summed E-state index contributed by atoms with van der Waals surface area (Å²) in [6, 6.07) is 0.472. The van der Waals surface area contributed by atoms with Crippen molar-refractivity contribution in [1.29, 1.82) is 0 Å². The summed E-state index contributed by atoms with van der Waals surface area (Å²) in [7, 11) is -2.83. The summed E-state index contributed by atoms with van der Waals surface area (Å²) in [5.41, 5.74) is 2.36. The molecule has 0 atom stereocenters. The van der Waals surface area contributed by atoms with Gasteiger partial charge in [-0.05, 0) is 32.1 Å². The van der Waals surface area contributed by atoms with Gasteiger partial charge in [-0.1, -0.05) is 34.1 Å². The minimum atomic E-state index is -2.83. The molecule has 0 bridgehead atoms. The van der Waals surface area contributed by atoms with E-state index in [0.717, 1.165) is 69.7 Å². The lowest BCUT2D eigenvalue weighted by molar-refractivity contribution is 0.235. The van der Waals surface area contributed by atoms with E-state index in [0.29, 0.717) is 25.7 Å². The fraction of sp³-hybridized carbons (Fsp3) is 0.818. The Labute approximate surface area is 183 Å². The van der Waals surface area contributed by atoms with Crippen molar-refractivity contribution in [1.82, 2.24) is 14.9 Å². The molecule has 0 spiro atoms. The molecular formula is C22H40N4O3S. The van der Waals surface area contributed by atoms with E-state index >= 15 is 0 Å². The molecule has 0 N–H and O–H groups in total. The van der Waals surface area contributed by atoms with Gasteiger partial charge < -0.3 is 14.5 Å². The number of sulfone groups is 1. The van der Waals surface area contributed by atoms with E-state index in [4.69, 9.17) is 14.7 Å². The smallest absolute Gasteiger partial charge is 0.318 e. The van der Waals surface area contributed by atoms with Gasteiger partial charge in [0.05, 0.1) is 23.8 Å². The number of ether oxygens (including phenoxy) is 1. The number of rotatable bonds is 13. The van der Waals surface area contributed by atoms with Crippen LogP contribution in [0.1, 0.15) is 64.6 Å². The molecule has 2 rings (SSSR count). The van der Waals surface area contributed by atoms with Crippen molar-refractivity contribution in [3.8, 4) is 6.01 Å². The van der Waals surface area contributed by atoms with Crippen LogP contribution in [0.5, 0.6) is 6.01 Å². The van der Waals surface area contributed by atoms with E-state index in [2.05, 4.69) is 37.5 Å². The fourth-order valence-electron chi connectivity index (χ4n) is 3.91. The average Bonchev–Trinajstić information content (AvgIpc) is 2.73. The predicted molar refractivity (Wildman–Crippen MR) is 123 cm³/mol. The first-order valence-electron chi connectivity index (χ1n) is 11.6. The summed E-state index contributed by atoms with van der Waals surface area (Å²) in [6.45, 7) is 13.3. The van der Waals surface area contributed by atoms with Gasteiger partial charge >= 0.3 is 6.01 Å². The zero-order valence-electron chi connectivity index (χ0n) is 19.3. The molecular weight excluding hydrogens is 400 g/mol. The summed E-state index contributed by atoms with van der Waals surface area (Å²) >= 11 is 0. The third kappa shape index (κ3) is 7.38. The molecule has 0 radical (unpaired) electrons. The third-order valence-electron chi connectivity index (χ3n) is 5.46. The number of hydrogen-bond donors (Lipinski definition) is 0. The lowest BCUT2D eigenvalue weighted by Gasteiger charge is -2.27. The maximum absolute atomic E-state index is 11.6. The Kier molecular flexibility index (Phi) is 10.3. The predicted octanol–water partition coefficient (Wildman–Crippen LogP) is 3.12. The van der Waals surface area contributed by atoms with E-state index in [1.165, 1.54) is 5.56 Å². The first-order chi connectivity index (χ1) is 14.4. The standard InChI is InChI=1S/C22H40N4O3S/c1-5-10-19-20(8-4)23-22(24-21(19)26(11-6-2)12-7-3)29-16-9-13-25-14-17-30(27,28)18-15-25/h5-18H2,1-4H3. The average molecular weight is 441 g/mol. The molecule has 8 heteroatoms. The Balaban J connectivity index is 2.05. The number of aryl methyl sites for hydroxylation is 1. The lowest BCUT2D eigenvalue weighted by Crippen LogP contribution is -2.40. The highest BCUT2D eigenvalue weighted by molar-refractivity contribution is 7.91. The summed E-state index contributed by atoms with van der Waals surface area (Å²) < 4.78 is 29.1. The van der Waals surface area contributed by atoms with Gasteiger partial charge in [-0.2, -0.15) is 9.97 Å². The second-order valence-electron chi connectivity index (χ2n) is 8.04. The zero-order chi connectivity index (χ0) is 22.0. The fourth-order valence-corrected chi connectivity index (χ4v) is 5.19. The molecule has 0 saturated carbocycles. The molecule has 1 aromatic rings. The van der Waals surface area contributed by atoms with Crippen molar-refractivity contribution in [2.75, 3.05) is 55.7 Å². The Morgan fingerprint density at radius 3 is 2.23 bits per heavy atom. The van der Waals surface area contributed by atoms with Crippen molar-refractivity contribution in [2.45, 2.75) is 66.2 Å². The molecule has 172 valence electrons. The molecule has 1 saturated heterocycles. The largest absolute Gasteiger partial charge is 0.463 e. The van der Waals surface area contributed by atoms with Crippen LogP contribution in [-0.4, -0.2) is 74.1 Å². The maximum atomic E-state index is 11.6. The van der Waals surface area contributed by atoms with E-state index in [-0.39, 0.29) is 11.5 Å². The van der Waals surface area contributed by atoms with Crippen LogP contribution in [0, 0.1) is 0 Å². The number of aromatic nitrogens is 2. The van der Waals surface area contributed by atoms with Gasteiger partial charge in [0.2, 0.25) is 0 Å². The van der Waals surface area contributed by atoms with Crippen LogP contribution in [0.3, 0.4) is 0 Å². The van der Waals surface area contributed by atoms with E-state index in [1.54, 1.807) is 0 Å². The molecule has 30 heavy (non-hydrogen) atoms. The van der Waals surface area contributed by atoms with Gasteiger partial charge in [0.25, 0.3) is 0 Å². The van der Waals surface area contributed by atoms with E-state index in [9.17, 15) is 8.42 Å². The van der Waals surface area contributed by atoms with Gasteiger partial charge in [-0.15, -0.1) is 0 Å². The molecule has 1 aliphatic heterocycles. The Morgan fingerprint density at radius 1 is 1.00 bits per heavy atom. The molecule has 0 aromatic carbocycles. The van der Waals surface area contributed by atoms with E-state index in [1.807, 2.05) is 0 Å². The quantitative estimate of drug-likeness (QED) is 0.436. The minimum absolute atomic E-state index is 0.268. The summed E-state index contributed by atoms with van der Waals surface area (Å²) in [5.74, 6) is 1.58. The van der Waals surface area contributed by atoms with Crippen molar-refractivity contribution in [2.24, 2.45) is 0 Å². The molecule has 0 aliphatic carbocycles. The number of hydrogen-bond acceptors (Lipinski definition) is 7. The van der Waals surface area contributed by atoms with Crippen molar-refractivity contribution in [3.05, 3.63) is 11.3 Å².